The molecule has 41 heavy (non-hydrogen) atoms. The monoisotopic (exact) mass is 559 g/mol. The van der Waals surface area contributed by atoms with E-state index in [0.29, 0.717) is 24.5 Å². The van der Waals surface area contributed by atoms with Gasteiger partial charge >= 0.3 is 0 Å². The standard InChI is InChI=1S/C30H38FN9O/c1-20-12-28(36-30(35-20)40-16-23(31)13-24(33)17-40)38-10-8-37(9-11-38)18-25-19-39(15-21(2)41-25)27-6-5-22(14-32)29-26(27)4-3-7-34-29/h3-7,12,21,23-25H,8-11,13,15-19,33H2,1-2H3/t21-,23+,24+,25+/m1/s1. The third-order valence-corrected chi connectivity index (χ3v) is 8.24. The van der Waals surface area contributed by atoms with Crippen LogP contribution in [0.4, 0.5) is 21.8 Å². The van der Waals surface area contributed by atoms with Gasteiger partial charge in [0.1, 0.15) is 18.1 Å². The van der Waals surface area contributed by atoms with Crippen LogP contribution in [0.1, 0.15) is 24.6 Å². The Morgan fingerprint density at radius 2 is 1.88 bits per heavy atom. The number of nitriles is 1. The van der Waals surface area contributed by atoms with Crippen LogP contribution in [0.2, 0.25) is 0 Å². The highest BCUT2D eigenvalue weighted by Gasteiger charge is 2.31. The molecule has 0 amide bonds. The van der Waals surface area contributed by atoms with Gasteiger partial charge in [-0.3, -0.25) is 9.88 Å². The van der Waals surface area contributed by atoms with E-state index in [0.717, 1.165) is 73.9 Å². The first-order valence-corrected chi connectivity index (χ1v) is 14.5. The Hall–Kier alpha value is -3.59. The number of anilines is 3. The van der Waals surface area contributed by atoms with Gasteiger partial charge in [0.05, 0.1) is 29.8 Å². The maximum absolute atomic E-state index is 14.2. The van der Waals surface area contributed by atoms with Crippen LogP contribution in [0, 0.1) is 18.3 Å². The molecule has 6 rings (SSSR count). The van der Waals surface area contributed by atoms with E-state index >= 15 is 0 Å². The fourth-order valence-electron chi connectivity index (χ4n) is 6.39. The van der Waals surface area contributed by atoms with E-state index in [-0.39, 0.29) is 24.8 Å². The fraction of sp³-hybridized carbons (Fsp3) is 0.533. The molecule has 0 unspecified atom stereocenters. The number of morpholine rings is 1. The van der Waals surface area contributed by atoms with Crippen LogP contribution in [-0.4, -0.2) is 103 Å². The number of aryl methyl sites for hydroxylation is 1. The SMILES string of the molecule is Cc1cc(N2CCN(C[C@H]3CN(c4ccc(C#N)c5ncccc45)C[C@@H](C)O3)CC2)nc(N2C[C@@H](N)C[C@H](F)C2)n1. The number of alkyl halides is 1. The summed E-state index contributed by atoms with van der Waals surface area (Å²) in [4.78, 5) is 22.9. The van der Waals surface area contributed by atoms with Gasteiger partial charge in [0.15, 0.2) is 0 Å². The van der Waals surface area contributed by atoms with Crippen molar-refractivity contribution in [2.45, 2.75) is 44.7 Å². The van der Waals surface area contributed by atoms with Crippen LogP contribution in [0.5, 0.6) is 0 Å². The van der Waals surface area contributed by atoms with E-state index in [1.54, 1.807) is 6.20 Å². The predicted octanol–water partition coefficient (Wildman–Crippen LogP) is 2.50. The van der Waals surface area contributed by atoms with Crippen molar-refractivity contribution in [3.63, 3.8) is 0 Å². The number of nitrogens with two attached hydrogens (primary N) is 1. The van der Waals surface area contributed by atoms with Gasteiger partial charge in [-0.1, -0.05) is 0 Å². The van der Waals surface area contributed by atoms with E-state index < -0.39 is 6.17 Å². The summed E-state index contributed by atoms with van der Waals surface area (Å²) in [5.41, 5.74) is 9.38. The van der Waals surface area contributed by atoms with Crippen molar-refractivity contribution >= 4 is 28.4 Å². The summed E-state index contributed by atoms with van der Waals surface area (Å²) in [6.45, 7) is 10.9. The zero-order valence-electron chi connectivity index (χ0n) is 23.8. The number of halogens is 1. The topological polar surface area (TPSA) is 111 Å². The maximum Gasteiger partial charge on any atom is 0.227 e. The quantitative estimate of drug-likeness (QED) is 0.501. The first-order valence-electron chi connectivity index (χ1n) is 14.5. The number of nitrogens with zero attached hydrogens (tertiary/aromatic N) is 8. The Morgan fingerprint density at radius 3 is 2.66 bits per heavy atom. The lowest BCUT2D eigenvalue weighted by molar-refractivity contribution is -0.0327. The molecule has 0 saturated carbocycles. The Balaban J connectivity index is 1.10. The molecule has 0 radical (unpaired) electrons. The van der Waals surface area contributed by atoms with Gasteiger partial charge in [0, 0.05) is 87.4 Å². The second-order valence-electron chi connectivity index (χ2n) is 11.6. The fourth-order valence-corrected chi connectivity index (χ4v) is 6.39. The first kappa shape index (κ1) is 27.6. The number of benzene rings is 1. The Kier molecular flexibility index (Phi) is 7.88. The van der Waals surface area contributed by atoms with Gasteiger partial charge < -0.3 is 25.2 Å². The first-order chi connectivity index (χ1) is 19.9. The van der Waals surface area contributed by atoms with Gasteiger partial charge in [-0.05, 0) is 44.5 Å². The number of piperidine rings is 1. The van der Waals surface area contributed by atoms with Gasteiger partial charge in [-0.25, -0.2) is 9.37 Å². The molecule has 3 fully saturated rings. The molecule has 3 saturated heterocycles. The zero-order chi connectivity index (χ0) is 28.5. The molecule has 10 nitrogen and oxygen atoms in total. The van der Waals surface area contributed by atoms with Gasteiger partial charge in [0.25, 0.3) is 0 Å². The lowest BCUT2D eigenvalue weighted by atomic mass is 10.1. The molecule has 216 valence electrons. The van der Waals surface area contributed by atoms with Gasteiger partial charge in [-0.15, -0.1) is 0 Å². The van der Waals surface area contributed by atoms with Crippen molar-refractivity contribution in [1.82, 2.24) is 19.9 Å². The molecule has 3 aliphatic heterocycles. The molecule has 1 aromatic carbocycles. The summed E-state index contributed by atoms with van der Waals surface area (Å²) in [6, 6.07) is 12.0. The maximum atomic E-state index is 14.2. The molecule has 2 aromatic heterocycles. The summed E-state index contributed by atoms with van der Waals surface area (Å²) in [5, 5.41) is 10.5. The molecule has 3 aromatic rings. The van der Waals surface area contributed by atoms with Crippen LogP contribution < -0.4 is 20.4 Å². The average molecular weight is 560 g/mol. The minimum atomic E-state index is -0.956. The zero-order valence-corrected chi connectivity index (χ0v) is 23.8. The number of piperazine rings is 1. The Bertz CT molecular complexity index is 1410. The van der Waals surface area contributed by atoms with Crippen molar-refractivity contribution in [2.75, 3.05) is 73.6 Å². The van der Waals surface area contributed by atoms with Crippen LogP contribution in [0.3, 0.4) is 0 Å². The number of ether oxygens (including phenoxy) is 1. The van der Waals surface area contributed by atoms with E-state index in [2.05, 4.69) is 37.7 Å². The van der Waals surface area contributed by atoms with Gasteiger partial charge in [0.2, 0.25) is 5.95 Å². The second kappa shape index (κ2) is 11.7. The van der Waals surface area contributed by atoms with E-state index in [1.165, 1.54) is 0 Å². The number of rotatable bonds is 5. The molecular formula is C30H38FN9O. The third kappa shape index (κ3) is 6.05. The van der Waals surface area contributed by atoms with Crippen LogP contribution in [0.15, 0.2) is 36.5 Å². The summed E-state index contributed by atoms with van der Waals surface area (Å²) in [7, 11) is 0. The Morgan fingerprint density at radius 1 is 1.05 bits per heavy atom. The third-order valence-electron chi connectivity index (χ3n) is 8.24. The highest BCUT2D eigenvalue weighted by atomic mass is 19.1. The average Bonchev–Trinajstić information content (AvgIpc) is 2.96. The van der Waals surface area contributed by atoms with Crippen molar-refractivity contribution in [2.24, 2.45) is 5.73 Å². The smallest absolute Gasteiger partial charge is 0.227 e. The van der Waals surface area contributed by atoms with Crippen LogP contribution in [-0.2, 0) is 4.74 Å². The van der Waals surface area contributed by atoms with Crippen LogP contribution >= 0.6 is 0 Å². The van der Waals surface area contributed by atoms with Crippen molar-refractivity contribution in [1.29, 1.82) is 5.26 Å². The lowest BCUT2D eigenvalue weighted by Gasteiger charge is -2.42. The van der Waals surface area contributed by atoms with E-state index in [9.17, 15) is 9.65 Å². The highest BCUT2D eigenvalue weighted by molar-refractivity contribution is 5.95. The molecule has 2 N–H and O–H groups in total. The van der Waals surface area contributed by atoms with Crippen LogP contribution in [0.25, 0.3) is 10.9 Å². The summed E-state index contributed by atoms with van der Waals surface area (Å²) < 4.78 is 20.6. The van der Waals surface area contributed by atoms with Crippen molar-refractivity contribution in [3.8, 4) is 6.07 Å². The molecule has 5 heterocycles. The largest absolute Gasteiger partial charge is 0.370 e. The molecule has 4 atom stereocenters. The predicted molar refractivity (Wildman–Crippen MR) is 158 cm³/mol. The van der Waals surface area contributed by atoms with E-state index in [4.69, 9.17) is 15.5 Å². The minimum Gasteiger partial charge on any atom is -0.370 e. The normalized spacial score (nSPS) is 25.9. The molecular weight excluding hydrogens is 521 g/mol. The van der Waals surface area contributed by atoms with E-state index in [1.807, 2.05) is 42.2 Å². The molecule has 3 aliphatic rings. The number of hydrogen-bond acceptors (Lipinski definition) is 10. The Labute approximate surface area is 240 Å². The number of pyridine rings is 1. The molecule has 0 spiro atoms. The van der Waals surface area contributed by atoms with Crippen molar-refractivity contribution in [3.05, 3.63) is 47.8 Å². The minimum absolute atomic E-state index is 0.0671. The summed E-state index contributed by atoms with van der Waals surface area (Å²) in [6.07, 6.45) is 1.33. The molecule has 11 heteroatoms. The lowest BCUT2D eigenvalue weighted by Crippen LogP contribution is -2.54. The summed E-state index contributed by atoms with van der Waals surface area (Å²) in [5.74, 6) is 1.45. The summed E-state index contributed by atoms with van der Waals surface area (Å²) >= 11 is 0. The van der Waals surface area contributed by atoms with Crippen molar-refractivity contribution < 1.29 is 9.13 Å². The highest BCUT2D eigenvalue weighted by Crippen LogP contribution is 2.30. The number of aromatic nitrogens is 3. The molecule has 0 bridgehead atoms. The molecule has 0 aliphatic carbocycles. The van der Waals surface area contributed by atoms with Gasteiger partial charge in [-0.2, -0.15) is 10.2 Å². The number of fused-ring (bicyclic) bond motifs is 1. The number of hydrogen-bond donors (Lipinski definition) is 1. The second-order valence-corrected chi connectivity index (χ2v) is 11.6.